The van der Waals surface area contributed by atoms with E-state index in [-0.39, 0.29) is 0 Å². The Morgan fingerprint density at radius 3 is 3.06 bits per heavy atom. The largest absolute Gasteiger partial charge is 0.384 e. The maximum atomic E-state index is 5.36. The molecule has 0 aromatic heterocycles. The van der Waals surface area contributed by atoms with Crippen LogP contribution in [0.3, 0.4) is 0 Å². The maximum absolute atomic E-state index is 5.36. The van der Waals surface area contributed by atoms with Crippen molar-refractivity contribution in [1.29, 1.82) is 0 Å². The van der Waals surface area contributed by atoms with Crippen molar-refractivity contribution in [2.24, 2.45) is 0 Å². The van der Waals surface area contributed by atoms with Crippen molar-refractivity contribution in [1.82, 2.24) is 4.90 Å². The van der Waals surface area contributed by atoms with Gasteiger partial charge in [-0.15, -0.1) is 0 Å². The summed E-state index contributed by atoms with van der Waals surface area (Å²) in [4.78, 5) is 2.46. The van der Waals surface area contributed by atoms with Crippen LogP contribution in [0.2, 0.25) is 0 Å². The van der Waals surface area contributed by atoms with Gasteiger partial charge < -0.3 is 10.1 Å². The quantitative estimate of drug-likeness (QED) is 0.844. The lowest BCUT2D eigenvalue weighted by Crippen LogP contribution is -2.28. The molecule has 1 saturated heterocycles. The van der Waals surface area contributed by atoms with Gasteiger partial charge in [-0.05, 0) is 31.0 Å². The molecule has 0 spiro atoms. The molecule has 2 rings (SSSR count). The lowest BCUT2D eigenvalue weighted by molar-refractivity contribution is 0.108. The van der Waals surface area contributed by atoms with E-state index in [1.54, 1.807) is 7.11 Å². The standard InChI is InChI=1S/C14H22N2O/c1-12-4-3-5-13(10-12)15-7-9-16-8-6-14(11-16)17-2/h3-5,10,14-15H,6-9,11H2,1-2H3. The van der Waals surface area contributed by atoms with Crippen molar-refractivity contribution in [3.8, 4) is 0 Å². The fourth-order valence-corrected chi connectivity index (χ4v) is 2.31. The third kappa shape index (κ3) is 3.72. The van der Waals surface area contributed by atoms with Crippen molar-refractivity contribution < 1.29 is 4.74 Å². The number of nitrogens with one attached hydrogen (secondary N) is 1. The lowest BCUT2D eigenvalue weighted by Gasteiger charge is -2.16. The molecule has 3 heteroatoms. The fraction of sp³-hybridized carbons (Fsp3) is 0.571. The zero-order valence-corrected chi connectivity index (χ0v) is 10.8. The van der Waals surface area contributed by atoms with Gasteiger partial charge in [0.25, 0.3) is 0 Å². The highest BCUT2D eigenvalue weighted by Crippen LogP contribution is 2.12. The van der Waals surface area contributed by atoms with Gasteiger partial charge in [-0.2, -0.15) is 0 Å². The summed E-state index contributed by atoms with van der Waals surface area (Å²) in [5.74, 6) is 0. The first-order chi connectivity index (χ1) is 8.28. The number of hydrogen-bond donors (Lipinski definition) is 1. The molecule has 0 amide bonds. The summed E-state index contributed by atoms with van der Waals surface area (Å²) in [6.07, 6.45) is 1.61. The molecule has 1 heterocycles. The second kappa shape index (κ2) is 6.03. The van der Waals surface area contributed by atoms with Crippen molar-refractivity contribution in [2.75, 3.05) is 38.6 Å². The molecule has 1 fully saturated rings. The van der Waals surface area contributed by atoms with E-state index < -0.39 is 0 Å². The molecule has 3 nitrogen and oxygen atoms in total. The molecule has 1 N–H and O–H groups in total. The molecular formula is C14H22N2O. The van der Waals surface area contributed by atoms with Gasteiger partial charge >= 0.3 is 0 Å². The molecule has 1 aliphatic heterocycles. The second-order valence-electron chi connectivity index (χ2n) is 4.74. The number of hydrogen-bond acceptors (Lipinski definition) is 3. The molecule has 1 aromatic rings. The number of aryl methyl sites for hydroxylation is 1. The van der Waals surface area contributed by atoms with Gasteiger partial charge in [-0.25, -0.2) is 0 Å². The predicted octanol–water partition coefficient (Wildman–Crippen LogP) is 2.13. The minimum absolute atomic E-state index is 0.439. The number of methoxy groups -OCH3 is 1. The number of anilines is 1. The number of nitrogens with zero attached hydrogens (tertiary/aromatic N) is 1. The summed E-state index contributed by atoms with van der Waals surface area (Å²) < 4.78 is 5.36. The average molecular weight is 234 g/mol. The molecule has 0 bridgehead atoms. The van der Waals surface area contributed by atoms with E-state index in [1.807, 2.05) is 0 Å². The average Bonchev–Trinajstić information content (AvgIpc) is 2.77. The summed E-state index contributed by atoms with van der Waals surface area (Å²) in [7, 11) is 1.80. The highest BCUT2D eigenvalue weighted by molar-refractivity contribution is 5.45. The van der Waals surface area contributed by atoms with Crippen molar-refractivity contribution >= 4 is 5.69 Å². The van der Waals surface area contributed by atoms with Crippen LogP contribution in [-0.2, 0) is 4.74 Å². The zero-order chi connectivity index (χ0) is 12.1. The monoisotopic (exact) mass is 234 g/mol. The van der Waals surface area contributed by atoms with Gasteiger partial charge in [0.15, 0.2) is 0 Å². The first-order valence-electron chi connectivity index (χ1n) is 6.33. The molecule has 1 atom stereocenters. The normalized spacial score (nSPS) is 20.7. The molecule has 94 valence electrons. The maximum Gasteiger partial charge on any atom is 0.0710 e. The Hall–Kier alpha value is -1.06. The summed E-state index contributed by atoms with van der Waals surface area (Å²) in [6.45, 7) is 6.45. The van der Waals surface area contributed by atoms with Gasteiger partial charge in [-0.1, -0.05) is 12.1 Å². The van der Waals surface area contributed by atoms with Crippen molar-refractivity contribution in [3.63, 3.8) is 0 Å². The Kier molecular flexibility index (Phi) is 4.40. The Morgan fingerprint density at radius 1 is 1.47 bits per heavy atom. The van der Waals surface area contributed by atoms with Gasteiger partial charge in [0.1, 0.15) is 0 Å². The van der Waals surface area contributed by atoms with Crippen LogP contribution < -0.4 is 5.32 Å². The van der Waals surface area contributed by atoms with Gasteiger partial charge in [0, 0.05) is 39.0 Å². The Balaban J connectivity index is 1.70. The Morgan fingerprint density at radius 2 is 2.35 bits per heavy atom. The van der Waals surface area contributed by atoms with Gasteiger partial charge in [-0.3, -0.25) is 4.90 Å². The van der Waals surface area contributed by atoms with Crippen molar-refractivity contribution in [2.45, 2.75) is 19.4 Å². The minimum Gasteiger partial charge on any atom is -0.384 e. The molecular weight excluding hydrogens is 212 g/mol. The van der Waals surface area contributed by atoms with Crippen molar-refractivity contribution in [3.05, 3.63) is 29.8 Å². The number of benzene rings is 1. The van der Waals surface area contributed by atoms with E-state index in [0.29, 0.717) is 6.10 Å². The van der Waals surface area contributed by atoms with Crippen LogP contribution in [0.1, 0.15) is 12.0 Å². The third-order valence-corrected chi connectivity index (χ3v) is 3.34. The van der Waals surface area contributed by atoms with E-state index in [9.17, 15) is 0 Å². The third-order valence-electron chi connectivity index (χ3n) is 3.34. The molecule has 1 aliphatic rings. The van der Waals surface area contributed by atoms with Crippen LogP contribution >= 0.6 is 0 Å². The van der Waals surface area contributed by atoms with E-state index in [1.165, 1.54) is 17.7 Å². The topological polar surface area (TPSA) is 24.5 Å². The first-order valence-corrected chi connectivity index (χ1v) is 6.33. The summed E-state index contributed by atoms with van der Waals surface area (Å²) in [5, 5.41) is 3.46. The number of ether oxygens (including phenoxy) is 1. The second-order valence-corrected chi connectivity index (χ2v) is 4.74. The van der Waals surface area contributed by atoms with Gasteiger partial charge in [0.05, 0.1) is 6.10 Å². The Labute approximate surface area is 104 Å². The smallest absolute Gasteiger partial charge is 0.0710 e. The van der Waals surface area contributed by atoms with Crippen LogP contribution in [0.25, 0.3) is 0 Å². The highest BCUT2D eigenvalue weighted by atomic mass is 16.5. The van der Waals surface area contributed by atoms with E-state index >= 15 is 0 Å². The number of rotatable bonds is 5. The SMILES string of the molecule is COC1CCN(CCNc2cccc(C)c2)C1. The summed E-state index contributed by atoms with van der Waals surface area (Å²) >= 11 is 0. The predicted molar refractivity (Wildman–Crippen MR) is 71.5 cm³/mol. The molecule has 1 unspecified atom stereocenters. The summed E-state index contributed by atoms with van der Waals surface area (Å²) in [6, 6.07) is 8.51. The van der Waals surface area contributed by atoms with Crippen LogP contribution in [0, 0.1) is 6.92 Å². The highest BCUT2D eigenvalue weighted by Gasteiger charge is 2.20. The Bertz CT molecular complexity index is 354. The van der Waals surface area contributed by atoms with Crippen LogP contribution in [-0.4, -0.2) is 44.3 Å². The minimum atomic E-state index is 0.439. The van der Waals surface area contributed by atoms with E-state index in [0.717, 1.165) is 26.2 Å². The molecule has 0 radical (unpaired) electrons. The molecule has 17 heavy (non-hydrogen) atoms. The number of likely N-dealkylation sites (tertiary alicyclic amines) is 1. The summed E-state index contributed by atoms with van der Waals surface area (Å²) in [5.41, 5.74) is 2.52. The van der Waals surface area contributed by atoms with Gasteiger partial charge in [0.2, 0.25) is 0 Å². The molecule has 1 aromatic carbocycles. The molecule has 0 aliphatic carbocycles. The fourth-order valence-electron chi connectivity index (χ4n) is 2.31. The molecule has 0 saturated carbocycles. The van der Waals surface area contributed by atoms with Crippen LogP contribution in [0.15, 0.2) is 24.3 Å². The van der Waals surface area contributed by atoms with E-state index in [2.05, 4.69) is 41.4 Å². The van der Waals surface area contributed by atoms with E-state index in [4.69, 9.17) is 4.74 Å². The zero-order valence-electron chi connectivity index (χ0n) is 10.8. The van der Waals surface area contributed by atoms with Crippen LogP contribution in [0.5, 0.6) is 0 Å². The lowest BCUT2D eigenvalue weighted by atomic mass is 10.2. The first kappa shape index (κ1) is 12.4. The van der Waals surface area contributed by atoms with Crippen LogP contribution in [0.4, 0.5) is 5.69 Å².